The minimum absolute atomic E-state index is 0. The van der Waals surface area contributed by atoms with Gasteiger partial charge in [-0.05, 0) is 47.4 Å². The number of nitrogens with one attached hydrogen (secondary N) is 2. The van der Waals surface area contributed by atoms with Crippen LogP contribution in [-0.4, -0.2) is 28.1 Å². The Hall–Kier alpha value is 0.0800. The highest BCUT2D eigenvalue weighted by Gasteiger charge is 2.18. The van der Waals surface area contributed by atoms with Crippen molar-refractivity contribution in [2.75, 3.05) is 19.6 Å². The number of rotatable bonds is 4. The van der Waals surface area contributed by atoms with Crippen LogP contribution in [0.25, 0.3) is 0 Å². The van der Waals surface area contributed by atoms with Crippen molar-refractivity contribution >= 4 is 49.7 Å². The van der Waals surface area contributed by atoms with Gasteiger partial charge < -0.3 is 5.32 Å². The van der Waals surface area contributed by atoms with E-state index in [9.17, 15) is 8.42 Å². The molecule has 0 spiro atoms. The van der Waals surface area contributed by atoms with E-state index < -0.39 is 10.0 Å². The van der Waals surface area contributed by atoms with Crippen LogP contribution in [0.1, 0.15) is 12.0 Å². The van der Waals surface area contributed by atoms with Crippen molar-refractivity contribution in [2.45, 2.75) is 17.6 Å². The van der Waals surface area contributed by atoms with Crippen LogP contribution in [0, 0.1) is 6.92 Å². The first-order valence-electron chi connectivity index (χ1n) is 5.63. The average Bonchev–Trinajstić information content (AvgIpc) is 2.70. The topological polar surface area (TPSA) is 58.2 Å². The predicted molar refractivity (Wildman–Crippen MR) is 84.8 cm³/mol. The normalized spacial score (nSPS) is 15.8. The molecule has 1 aromatic heterocycles. The first-order chi connectivity index (χ1) is 8.49. The molecule has 0 atom stereocenters. The van der Waals surface area contributed by atoms with Crippen LogP contribution in [0.4, 0.5) is 0 Å². The second-order valence-corrected chi connectivity index (χ2v) is 8.53. The van der Waals surface area contributed by atoms with Crippen molar-refractivity contribution in [3.63, 3.8) is 0 Å². The predicted octanol–water partition coefficient (Wildman–Crippen LogP) is 2.44. The van der Waals surface area contributed by atoms with E-state index in [2.05, 4.69) is 26.0 Å². The van der Waals surface area contributed by atoms with Gasteiger partial charge in [0.25, 0.3) is 0 Å². The Morgan fingerprint density at radius 2 is 2.26 bits per heavy atom. The van der Waals surface area contributed by atoms with Crippen molar-refractivity contribution in [2.24, 2.45) is 0 Å². The zero-order valence-corrected chi connectivity index (χ0v) is 14.4. The van der Waals surface area contributed by atoms with Crippen LogP contribution in [0.2, 0.25) is 0 Å². The number of aryl methyl sites for hydroxylation is 1. The van der Waals surface area contributed by atoms with Gasteiger partial charge in [0.2, 0.25) is 10.0 Å². The molecule has 2 N–H and O–H groups in total. The monoisotopic (exact) mass is 386 g/mol. The van der Waals surface area contributed by atoms with Crippen LogP contribution >= 0.6 is 39.7 Å². The van der Waals surface area contributed by atoms with E-state index in [0.717, 1.165) is 34.4 Å². The van der Waals surface area contributed by atoms with Crippen molar-refractivity contribution in [3.05, 3.63) is 27.1 Å². The first-order valence-corrected chi connectivity index (χ1v) is 8.72. The lowest BCUT2D eigenvalue weighted by molar-refractivity contribution is 0.584. The quantitative estimate of drug-likeness (QED) is 0.780. The average molecular weight is 388 g/mol. The van der Waals surface area contributed by atoms with E-state index >= 15 is 0 Å². The Kier molecular flexibility index (Phi) is 6.49. The minimum atomic E-state index is -3.38. The van der Waals surface area contributed by atoms with Crippen LogP contribution in [-0.2, 0) is 10.0 Å². The molecule has 0 amide bonds. The first kappa shape index (κ1) is 17.1. The molecule has 0 saturated carbocycles. The largest absolute Gasteiger partial charge is 0.313 e. The van der Waals surface area contributed by atoms with E-state index in [0.29, 0.717) is 10.8 Å². The second-order valence-electron chi connectivity index (χ2n) is 4.16. The van der Waals surface area contributed by atoms with Gasteiger partial charge in [-0.2, -0.15) is 0 Å². The maximum absolute atomic E-state index is 12.1. The zero-order valence-electron chi connectivity index (χ0n) is 10.4. The van der Waals surface area contributed by atoms with Crippen LogP contribution in [0.15, 0.2) is 25.7 Å². The van der Waals surface area contributed by atoms with Crippen LogP contribution < -0.4 is 10.0 Å². The molecule has 2 rings (SSSR count). The molecule has 0 saturated heterocycles. The summed E-state index contributed by atoms with van der Waals surface area (Å²) in [6.45, 7) is 4.02. The van der Waals surface area contributed by atoms with Gasteiger partial charge in [-0.1, -0.05) is 11.6 Å². The molecular formula is C11H16BrClN2O2S2. The van der Waals surface area contributed by atoms with Gasteiger partial charge in [-0.15, -0.1) is 23.7 Å². The summed E-state index contributed by atoms with van der Waals surface area (Å²) in [6, 6.07) is 1.69. The highest BCUT2D eigenvalue weighted by atomic mass is 79.9. The van der Waals surface area contributed by atoms with Crippen LogP contribution in [0.3, 0.4) is 0 Å². The Balaban J connectivity index is 0.00000180. The summed E-state index contributed by atoms with van der Waals surface area (Å²) in [5.41, 5.74) is 2.09. The molecular weight excluding hydrogens is 372 g/mol. The highest BCUT2D eigenvalue weighted by molar-refractivity contribution is 9.11. The van der Waals surface area contributed by atoms with E-state index in [-0.39, 0.29) is 12.4 Å². The van der Waals surface area contributed by atoms with Gasteiger partial charge in [0.05, 0.1) is 3.79 Å². The third-order valence-corrected chi connectivity index (χ3v) is 6.76. The number of halogens is 2. The smallest absolute Gasteiger partial charge is 0.250 e. The molecule has 19 heavy (non-hydrogen) atoms. The molecule has 1 aliphatic rings. The lowest BCUT2D eigenvalue weighted by Crippen LogP contribution is -2.29. The third kappa shape index (κ3) is 4.54. The summed E-state index contributed by atoms with van der Waals surface area (Å²) in [5.74, 6) is 0. The van der Waals surface area contributed by atoms with Gasteiger partial charge in [0.15, 0.2) is 0 Å². The molecule has 1 aromatic rings. The van der Waals surface area contributed by atoms with Gasteiger partial charge in [0, 0.05) is 13.1 Å². The summed E-state index contributed by atoms with van der Waals surface area (Å²) in [6.07, 6.45) is 2.94. The number of sulfonamides is 1. The SMILES string of the molecule is Cc1cc(S(=O)(=O)NCC2=CCNCC2)sc1Br.Cl. The fourth-order valence-electron chi connectivity index (χ4n) is 1.65. The van der Waals surface area contributed by atoms with E-state index in [1.54, 1.807) is 6.07 Å². The molecule has 0 unspecified atom stereocenters. The molecule has 1 aliphatic heterocycles. The zero-order chi connectivity index (χ0) is 13.2. The van der Waals surface area contributed by atoms with Gasteiger partial charge >= 0.3 is 0 Å². The fraction of sp³-hybridized carbons (Fsp3) is 0.455. The Morgan fingerprint density at radius 3 is 2.79 bits per heavy atom. The summed E-state index contributed by atoms with van der Waals surface area (Å²) in [5, 5.41) is 3.20. The molecule has 4 nitrogen and oxygen atoms in total. The van der Waals surface area contributed by atoms with Crippen molar-refractivity contribution < 1.29 is 8.42 Å². The Labute approximate surface area is 132 Å². The lowest BCUT2D eigenvalue weighted by Gasteiger charge is -2.14. The standard InChI is InChI=1S/C11H15BrN2O2S2.ClH/c1-8-6-10(17-11(8)12)18(15,16)14-7-9-2-4-13-5-3-9;/h2,6,13-14H,3-5,7H2,1H3;1H. The second kappa shape index (κ2) is 7.19. The summed E-state index contributed by atoms with van der Waals surface area (Å²) in [7, 11) is -3.38. The van der Waals surface area contributed by atoms with Gasteiger partial charge in [-0.25, -0.2) is 13.1 Å². The molecule has 0 aliphatic carbocycles. The molecule has 108 valence electrons. The summed E-state index contributed by atoms with van der Waals surface area (Å²) < 4.78 is 28.0. The molecule has 0 fully saturated rings. The van der Waals surface area contributed by atoms with Crippen molar-refractivity contribution in [1.82, 2.24) is 10.0 Å². The molecule has 8 heteroatoms. The summed E-state index contributed by atoms with van der Waals surface area (Å²) >= 11 is 4.59. The van der Waals surface area contributed by atoms with Crippen LogP contribution in [0.5, 0.6) is 0 Å². The Bertz CT molecular complexity index is 550. The summed E-state index contributed by atoms with van der Waals surface area (Å²) in [4.78, 5) is 0. The van der Waals surface area contributed by atoms with E-state index in [1.807, 2.05) is 13.0 Å². The van der Waals surface area contributed by atoms with Gasteiger partial charge in [0.1, 0.15) is 4.21 Å². The number of hydrogen-bond donors (Lipinski definition) is 2. The molecule has 0 radical (unpaired) electrons. The van der Waals surface area contributed by atoms with E-state index in [4.69, 9.17) is 0 Å². The number of thiophene rings is 1. The van der Waals surface area contributed by atoms with Gasteiger partial charge in [-0.3, -0.25) is 0 Å². The minimum Gasteiger partial charge on any atom is -0.313 e. The fourth-order valence-corrected chi connectivity index (χ4v) is 4.96. The maximum Gasteiger partial charge on any atom is 0.250 e. The molecule has 2 heterocycles. The Morgan fingerprint density at radius 1 is 1.53 bits per heavy atom. The molecule has 0 aromatic carbocycles. The highest BCUT2D eigenvalue weighted by Crippen LogP contribution is 2.30. The van der Waals surface area contributed by atoms with Crippen molar-refractivity contribution in [1.29, 1.82) is 0 Å². The lowest BCUT2D eigenvalue weighted by atomic mass is 10.1. The number of hydrogen-bond acceptors (Lipinski definition) is 4. The maximum atomic E-state index is 12.1. The molecule has 0 bridgehead atoms. The van der Waals surface area contributed by atoms with E-state index in [1.165, 1.54) is 11.3 Å². The van der Waals surface area contributed by atoms with Crippen molar-refractivity contribution in [3.8, 4) is 0 Å². The third-order valence-electron chi connectivity index (χ3n) is 2.75.